The summed E-state index contributed by atoms with van der Waals surface area (Å²) >= 11 is 12.6. The van der Waals surface area contributed by atoms with Crippen molar-refractivity contribution in [3.8, 4) is 0 Å². The molecule has 1 aliphatic heterocycles. The average Bonchev–Trinajstić information content (AvgIpc) is 2.88. The van der Waals surface area contributed by atoms with Crippen LogP contribution in [0.4, 0.5) is 5.69 Å². The molecule has 2 aromatic rings. The Labute approximate surface area is 218 Å². The zero-order valence-corrected chi connectivity index (χ0v) is 21.7. The molecule has 0 spiro atoms. The van der Waals surface area contributed by atoms with E-state index in [-0.39, 0.29) is 18.9 Å². The number of nitrogens with one attached hydrogen (secondary N) is 2. The van der Waals surface area contributed by atoms with Crippen LogP contribution in [0.25, 0.3) is 0 Å². The minimum absolute atomic E-state index is 0.0781. The summed E-state index contributed by atoms with van der Waals surface area (Å²) in [5.74, 6) is 0.390. The Kier molecular flexibility index (Phi) is 9.59. The van der Waals surface area contributed by atoms with Crippen LogP contribution in [0.1, 0.15) is 73.6 Å². The smallest absolute Gasteiger partial charge is 0.139 e. The third kappa shape index (κ3) is 6.63. The largest absolute Gasteiger partial charge is 0.381 e. The molecule has 8 heteroatoms. The summed E-state index contributed by atoms with van der Waals surface area (Å²) in [5, 5.41) is 25.1. The van der Waals surface area contributed by atoms with Crippen molar-refractivity contribution in [3.05, 3.63) is 63.1 Å². The van der Waals surface area contributed by atoms with Gasteiger partial charge in [0.25, 0.3) is 0 Å². The number of aliphatic hydroxyl groups is 1. The van der Waals surface area contributed by atoms with Crippen LogP contribution in [-0.4, -0.2) is 48.2 Å². The number of rotatable bonds is 9. The number of halogens is 2. The molecule has 0 aromatic heterocycles. The van der Waals surface area contributed by atoms with E-state index in [0.29, 0.717) is 28.5 Å². The third-order valence-corrected chi connectivity index (χ3v) is 8.23. The minimum Gasteiger partial charge on any atom is -0.381 e. The summed E-state index contributed by atoms with van der Waals surface area (Å²) in [4.78, 5) is 2.16. The van der Waals surface area contributed by atoms with Crippen LogP contribution < -0.4 is 16.4 Å². The van der Waals surface area contributed by atoms with Gasteiger partial charge in [-0.1, -0.05) is 54.6 Å². The van der Waals surface area contributed by atoms with E-state index in [9.17, 15) is 5.11 Å². The van der Waals surface area contributed by atoms with E-state index in [1.165, 1.54) is 43.9 Å². The van der Waals surface area contributed by atoms with Gasteiger partial charge in [-0.25, -0.2) is 0 Å². The molecule has 1 aliphatic carbocycles. The minimum atomic E-state index is -0.0781. The molecule has 2 aromatic carbocycles. The SMILES string of the molecule is N=Cc1ccc(C2CCN(CO)C(NC3CCCCC3)C2)cc1[NH2+]C(CN)c1ccc(Cl)cc1Cl. The Morgan fingerprint density at radius 3 is 2.63 bits per heavy atom. The Hall–Kier alpha value is -1.51. The third-order valence-electron chi connectivity index (χ3n) is 7.66. The molecule has 1 heterocycles. The molecule has 0 amide bonds. The maximum Gasteiger partial charge on any atom is 0.139 e. The molecule has 3 unspecified atom stereocenters. The van der Waals surface area contributed by atoms with E-state index in [0.717, 1.165) is 36.2 Å². The van der Waals surface area contributed by atoms with Gasteiger partial charge in [0, 0.05) is 35.5 Å². The van der Waals surface area contributed by atoms with Gasteiger partial charge in [-0.05, 0) is 55.4 Å². The molecule has 4 rings (SSSR count). The molecule has 1 saturated heterocycles. The monoisotopic (exact) mass is 518 g/mol. The highest BCUT2D eigenvalue weighted by molar-refractivity contribution is 6.35. The van der Waals surface area contributed by atoms with Crippen LogP contribution in [-0.2, 0) is 0 Å². The van der Waals surface area contributed by atoms with Crippen molar-refractivity contribution >= 4 is 35.1 Å². The van der Waals surface area contributed by atoms with Gasteiger partial charge in [0.1, 0.15) is 11.7 Å². The highest BCUT2D eigenvalue weighted by Gasteiger charge is 2.31. The summed E-state index contributed by atoms with van der Waals surface area (Å²) < 4.78 is 0. The van der Waals surface area contributed by atoms with Gasteiger partial charge in [-0.15, -0.1) is 0 Å². The Balaban J connectivity index is 1.53. The quantitative estimate of drug-likeness (QED) is 0.252. The normalized spacial score (nSPS) is 22.7. The lowest BCUT2D eigenvalue weighted by Gasteiger charge is -2.41. The zero-order valence-electron chi connectivity index (χ0n) is 20.2. The molecule has 35 heavy (non-hydrogen) atoms. The maximum absolute atomic E-state index is 9.96. The summed E-state index contributed by atoms with van der Waals surface area (Å²) in [7, 11) is 0. The van der Waals surface area contributed by atoms with Crippen molar-refractivity contribution in [1.29, 1.82) is 5.41 Å². The molecule has 3 atom stereocenters. The van der Waals surface area contributed by atoms with E-state index in [2.05, 4.69) is 27.7 Å². The molecule has 6 nitrogen and oxygen atoms in total. The molecule has 190 valence electrons. The van der Waals surface area contributed by atoms with Gasteiger partial charge in [-0.3, -0.25) is 10.2 Å². The Bertz CT molecular complexity index is 998. The van der Waals surface area contributed by atoms with Gasteiger partial charge >= 0.3 is 0 Å². The van der Waals surface area contributed by atoms with Gasteiger partial charge in [-0.2, -0.15) is 0 Å². The second-order valence-electron chi connectivity index (χ2n) is 9.90. The van der Waals surface area contributed by atoms with Gasteiger partial charge in [0.15, 0.2) is 0 Å². The molecule has 0 bridgehead atoms. The molecule has 2 fully saturated rings. The van der Waals surface area contributed by atoms with E-state index >= 15 is 0 Å². The fourth-order valence-electron chi connectivity index (χ4n) is 5.63. The Morgan fingerprint density at radius 2 is 1.94 bits per heavy atom. The van der Waals surface area contributed by atoms with Gasteiger partial charge < -0.3 is 21.6 Å². The number of nitrogens with two attached hydrogens (primary N) is 2. The first kappa shape index (κ1) is 26.6. The van der Waals surface area contributed by atoms with Crippen LogP contribution in [0.3, 0.4) is 0 Å². The second-order valence-corrected chi connectivity index (χ2v) is 10.7. The number of piperidine rings is 1. The number of quaternary nitrogens is 1. The van der Waals surface area contributed by atoms with Crippen LogP contribution in [0.2, 0.25) is 10.0 Å². The topological polar surface area (TPSA) is 102 Å². The fourth-order valence-corrected chi connectivity index (χ4v) is 6.18. The summed E-state index contributed by atoms with van der Waals surface area (Å²) in [6, 6.07) is 12.4. The first-order valence-corrected chi connectivity index (χ1v) is 13.5. The van der Waals surface area contributed by atoms with Crippen molar-refractivity contribution in [2.45, 2.75) is 69.1 Å². The van der Waals surface area contributed by atoms with Crippen LogP contribution in [0.15, 0.2) is 36.4 Å². The van der Waals surface area contributed by atoms with E-state index in [4.69, 9.17) is 34.3 Å². The fraction of sp³-hybridized carbons (Fsp3) is 0.519. The van der Waals surface area contributed by atoms with E-state index < -0.39 is 0 Å². The molecule has 0 radical (unpaired) electrons. The highest BCUT2D eigenvalue weighted by Crippen LogP contribution is 2.33. The number of hydrogen-bond donors (Lipinski definition) is 5. The van der Waals surface area contributed by atoms with E-state index in [1.54, 1.807) is 6.07 Å². The molecule has 2 aliphatic rings. The summed E-state index contributed by atoms with van der Waals surface area (Å²) in [5.41, 5.74) is 10.2. The number of hydrogen-bond acceptors (Lipinski definition) is 5. The number of aliphatic hydroxyl groups excluding tert-OH is 1. The number of nitrogens with zero attached hydrogens (tertiary/aromatic N) is 1. The standard InChI is InChI=1S/C27H37Cl2N5O/c28-21-8-9-23(24(29)14-21)26(16-31)33-25-12-18(6-7-20(25)15-30)19-10-11-34(17-35)27(13-19)32-22-4-2-1-3-5-22/h6-9,12,14-15,19,22,26-27,30,32-33,35H,1-5,10-11,13,16-17,31H2/p+1. The van der Waals surface area contributed by atoms with Crippen molar-refractivity contribution in [1.82, 2.24) is 10.2 Å². The predicted molar refractivity (Wildman–Crippen MR) is 144 cm³/mol. The number of benzene rings is 2. The van der Waals surface area contributed by atoms with Crippen LogP contribution in [0, 0.1) is 5.41 Å². The lowest BCUT2D eigenvalue weighted by Crippen LogP contribution is -2.81. The van der Waals surface area contributed by atoms with Crippen molar-refractivity contribution < 1.29 is 10.4 Å². The average molecular weight is 520 g/mol. The molecule has 7 N–H and O–H groups in total. The first-order valence-electron chi connectivity index (χ1n) is 12.8. The first-order chi connectivity index (χ1) is 17.0. The summed E-state index contributed by atoms with van der Waals surface area (Å²) in [6.07, 6.45) is 9.89. The second kappa shape index (κ2) is 12.6. The van der Waals surface area contributed by atoms with Gasteiger partial charge in [0.2, 0.25) is 0 Å². The van der Waals surface area contributed by atoms with E-state index in [1.807, 2.05) is 18.2 Å². The van der Waals surface area contributed by atoms with Crippen LogP contribution >= 0.6 is 23.2 Å². The molecule has 1 saturated carbocycles. The lowest BCUT2D eigenvalue weighted by atomic mass is 9.86. The molecular weight excluding hydrogens is 481 g/mol. The number of likely N-dealkylation sites (tertiary alicyclic amines) is 1. The molecular formula is C27H38Cl2N5O+. The highest BCUT2D eigenvalue weighted by atomic mass is 35.5. The predicted octanol–water partition coefficient (Wildman–Crippen LogP) is 4.26. The van der Waals surface area contributed by atoms with Crippen LogP contribution in [0.5, 0.6) is 0 Å². The maximum atomic E-state index is 9.96. The van der Waals surface area contributed by atoms with Crippen molar-refractivity contribution in [3.63, 3.8) is 0 Å². The zero-order chi connectivity index (χ0) is 24.8. The van der Waals surface area contributed by atoms with Gasteiger partial charge in [0.05, 0.1) is 30.0 Å². The Morgan fingerprint density at radius 1 is 1.14 bits per heavy atom. The van der Waals surface area contributed by atoms with Crippen molar-refractivity contribution in [2.24, 2.45) is 5.73 Å². The van der Waals surface area contributed by atoms with Crippen molar-refractivity contribution in [2.75, 3.05) is 19.8 Å². The summed E-state index contributed by atoms with van der Waals surface area (Å²) in [6.45, 7) is 1.36. The lowest BCUT2D eigenvalue weighted by molar-refractivity contribution is -0.615.